The second kappa shape index (κ2) is 4.11. The van der Waals surface area contributed by atoms with Crippen LogP contribution in [0, 0.1) is 5.92 Å². The van der Waals surface area contributed by atoms with E-state index in [1.165, 1.54) is 12.8 Å². The Balaban J connectivity index is 1.91. The van der Waals surface area contributed by atoms with Crippen LogP contribution in [0.25, 0.3) is 0 Å². The lowest BCUT2D eigenvalue weighted by atomic mass is 9.94. The minimum Gasteiger partial charge on any atom is -0.475 e. The highest BCUT2D eigenvalue weighted by Gasteiger charge is 2.33. The fraction of sp³-hybridized carbons (Fsp3) is 0.800. The quantitative estimate of drug-likeness (QED) is 0.729. The summed E-state index contributed by atoms with van der Waals surface area (Å²) >= 11 is 3.46. The molecule has 2 aliphatic heterocycles. The van der Waals surface area contributed by atoms with Crippen molar-refractivity contribution in [2.24, 2.45) is 5.92 Å². The maximum Gasteiger partial charge on any atom is 0.175 e. The Bertz CT molecular complexity index is 236. The van der Waals surface area contributed by atoms with Crippen molar-refractivity contribution in [2.75, 3.05) is 13.6 Å². The molecule has 2 heterocycles. The summed E-state index contributed by atoms with van der Waals surface area (Å²) in [6, 6.07) is 0.661. The van der Waals surface area contributed by atoms with E-state index in [9.17, 15) is 0 Å². The predicted octanol–water partition coefficient (Wildman–Crippen LogP) is 1.86. The Hall–Kier alpha value is -0.220. The second-order valence-corrected chi connectivity index (χ2v) is 5.04. The van der Waals surface area contributed by atoms with Crippen LogP contribution in [0.4, 0.5) is 0 Å². The molecule has 0 aromatic heterocycles. The molecule has 0 spiro atoms. The van der Waals surface area contributed by atoms with Crippen LogP contribution in [-0.4, -0.2) is 30.8 Å². The van der Waals surface area contributed by atoms with Gasteiger partial charge in [-0.15, -0.1) is 0 Å². The van der Waals surface area contributed by atoms with E-state index >= 15 is 0 Å². The molecule has 3 atom stereocenters. The summed E-state index contributed by atoms with van der Waals surface area (Å²) in [7, 11) is 2.07. The van der Waals surface area contributed by atoms with E-state index in [2.05, 4.69) is 40.1 Å². The number of hydrogen-bond donors (Lipinski definition) is 1. The van der Waals surface area contributed by atoms with Crippen molar-refractivity contribution < 1.29 is 4.74 Å². The predicted molar refractivity (Wildman–Crippen MR) is 59.8 cm³/mol. The number of rotatable bonds is 1. The first-order valence-electron chi connectivity index (χ1n) is 5.16. The third-order valence-electron chi connectivity index (χ3n) is 3.13. The molecule has 0 bridgehead atoms. The summed E-state index contributed by atoms with van der Waals surface area (Å²) in [5, 5.41) is 3.50. The zero-order valence-electron chi connectivity index (χ0n) is 8.66. The molecule has 2 rings (SSSR count). The van der Waals surface area contributed by atoms with Crippen LogP contribution >= 0.6 is 15.9 Å². The van der Waals surface area contributed by atoms with Gasteiger partial charge in [0.15, 0.2) is 6.23 Å². The molecule has 0 aromatic carbocycles. The molecular weight excluding hydrogens is 244 g/mol. The molecule has 2 aliphatic rings. The van der Waals surface area contributed by atoms with Crippen LogP contribution in [0.15, 0.2) is 10.9 Å². The number of halogens is 1. The molecule has 80 valence electrons. The van der Waals surface area contributed by atoms with E-state index in [4.69, 9.17) is 4.74 Å². The smallest absolute Gasteiger partial charge is 0.175 e. The maximum absolute atomic E-state index is 5.63. The van der Waals surface area contributed by atoms with Crippen molar-refractivity contribution in [3.05, 3.63) is 10.9 Å². The molecule has 0 aromatic rings. The van der Waals surface area contributed by atoms with Gasteiger partial charge in [-0.1, -0.05) is 0 Å². The van der Waals surface area contributed by atoms with Crippen LogP contribution in [0.2, 0.25) is 0 Å². The molecule has 0 radical (unpaired) electrons. The summed E-state index contributed by atoms with van der Waals surface area (Å²) < 4.78 is 6.67. The molecule has 14 heavy (non-hydrogen) atoms. The van der Waals surface area contributed by atoms with Gasteiger partial charge in [-0.2, -0.15) is 0 Å². The standard InChI is InChI=1S/C10H17BrN2O/c1-7-3-4-8(5-12-7)10-13(2)9(11)6-14-10/h6-8,10,12H,3-5H2,1-2H3/t7-,8-,10-/m1/s1. The first kappa shape index (κ1) is 10.3. The van der Waals surface area contributed by atoms with Gasteiger partial charge in [0.2, 0.25) is 0 Å². The van der Waals surface area contributed by atoms with Gasteiger partial charge in [0.05, 0.1) is 0 Å². The van der Waals surface area contributed by atoms with Gasteiger partial charge < -0.3 is 15.0 Å². The average molecular weight is 261 g/mol. The molecule has 4 heteroatoms. The van der Waals surface area contributed by atoms with Crippen molar-refractivity contribution in [3.63, 3.8) is 0 Å². The van der Waals surface area contributed by atoms with Gasteiger partial charge in [0.1, 0.15) is 10.9 Å². The van der Waals surface area contributed by atoms with Crippen molar-refractivity contribution in [1.29, 1.82) is 0 Å². The first-order valence-corrected chi connectivity index (χ1v) is 5.95. The number of piperidine rings is 1. The van der Waals surface area contributed by atoms with Crippen molar-refractivity contribution in [3.8, 4) is 0 Å². The molecule has 0 aliphatic carbocycles. The largest absolute Gasteiger partial charge is 0.475 e. The van der Waals surface area contributed by atoms with Gasteiger partial charge in [-0.25, -0.2) is 0 Å². The molecule has 1 N–H and O–H groups in total. The fourth-order valence-electron chi connectivity index (χ4n) is 2.11. The average Bonchev–Trinajstić information content (AvgIpc) is 2.50. The number of nitrogens with zero attached hydrogens (tertiary/aromatic N) is 1. The van der Waals surface area contributed by atoms with Gasteiger partial charge in [0.25, 0.3) is 0 Å². The van der Waals surface area contributed by atoms with E-state index in [-0.39, 0.29) is 6.23 Å². The zero-order chi connectivity index (χ0) is 10.1. The Morgan fingerprint density at radius 1 is 1.57 bits per heavy atom. The van der Waals surface area contributed by atoms with E-state index < -0.39 is 0 Å². The highest BCUT2D eigenvalue weighted by molar-refractivity contribution is 9.11. The van der Waals surface area contributed by atoms with Crippen molar-refractivity contribution in [2.45, 2.75) is 32.0 Å². The molecule has 3 nitrogen and oxygen atoms in total. The van der Waals surface area contributed by atoms with E-state index in [0.717, 1.165) is 11.2 Å². The molecular formula is C10H17BrN2O. The summed E-state index contributed by atoms with van der Waals surface area (Å²) in [6.45, 7) is 3.30. The molecule has 0 unspecified atom stereocenters. The van der Waals surface area contributed by atoms with Crippen LogP contribution in [0.5, 0.6) is 0 Å². The van der Waals surface area contributed by atoms with Crippen LogP contribution in [0.1, 0.15) is 19.8 Å². The summed E-state index contributed by atoms with van der Waals surface area (Å²) in [5.41, 5.74) is 0. The number of ether oxygens (including phenoxy) is 1. The summed E-state index contributed by atoms with van der Waals surface area (Å²) in [4.78, 5) is 2.16. The minimum absolute atomic E-state index is 0.212. The Morgan fingerprint density at radius 2 is 2.36 bits per heavy atom. The van der Waals surface area contributed by atoms with Crippen LogP contribution in [-0.2, 0) is 4.74 Å². The van der Waals surface area contributed by atoms with E-state index in [1.54, 1.807) is 6.26 Å². The lowest BCUT2D eigenvalue weighted by Crippen LogP contribution is -2.45. The van der Waals surface area contributed by atoms with E-state index in [1.807, 2.05) is 0 Å². The highest BCUT2D eigenvalue weighted by Crippen LogP contribution is 2.30. The van der Waals surface area contributed by atoms with Crippen molar-refractivity contribution >= 4 is 15.9 Å². The highest BCUT2D eigenvalue weighted by atomic mass is 79.9. The lowest BCUT2D eigenvalue weighted by molar-refractivity contribution is 0.00579. The monoisotopic (exact) mass is 260 g/mol. The Morgan fingerprint density at radius 3 is 2.86 bits per heavy atom. The summed E-state index contributed by atoms with van der Waals surface area (Å²) in [5.74, 6) is 0.600. The SMILES string of the molecule is C[C@@H]1CC[C@@H]([C@H]2OC=C(Br)N2C)CN1. The molecule has 1 fully saturated rings. The zero-order valence-corrected chi connectivity index (χ0v) is 10.3. The number of nitrogens with one attached hydrogen (secondary N) is 1. The first-order chi connectivity index (χ1) is 6.68. The third kappa shape index (κ3) is 1.91. The minimum atomic E-state index is 0.212. The van der Waals surface area contributed by atoms with Gasteiger partial charge in [0, 0.05) is 25.6 Å². The number of hydrogen-bond acceptors (Lipinski definition) is 3. The molecule has 0 saturated carbocycles. The van der Waals surface area contributed by atoms with Crippen molar-refractivity contribution in [1.82, 2.24) is 10.2 Å². The van der Waals surface area contributed by atoms with Gasteiger partial charge >= 0.3 is 0 Å². The molecule has 1 saturated heterocycles. The lowest BCUT2D eigenvalue weighted by Gasteiger charge is -2.34. The van der Waals surface area contributed by atoms with Crippen LogP contribution in [0.3, 0.4) is 0 Å². The van der Waals surface area contributed by atoms with Crippen LogP contribution < -0.4 is 5.32 Å². The maximum atomic E-state index is 5.63. The Labute approximate surface area is 93.6 Å². The third-order valence-corrected chi connectivity index (χ3v) is 3.87. The molecule has 0 amide bonds. The normalized spacial score (nSPS) is 38.1. The van der Waals surface area contributed by atoms with Gasteiger partial charge in [-0.05, 0) is 35.7 Å². The summed E-state index contributed by atoms with van der Waals surface area (Å²) in [6.07, 6.45) is 4.50. The van der Waals surface area contributed by atoms with Gasteiger partial charge in [-0.3, -0.25) is 0 Å². The fourth-order valence-corrected chi connectivity index (χ4v) is 2.42. The van der Waals surface area contributed by atoms with E-state index in [0.29, 0.717) is 12.0 Å². The second-order valence-electron chi connectivity index (χ2n) is 4.22. The topological polar surface area (TPSA) is 24.5 Å². The Kier molecular flexibility index (Phi) is 3.02.